The second-order valence-electron chi connectivity index (χ2n) is 5.83. The topological polar surface area (TPSA) is 103 Å². The number of nitro benzene ring substituents is 1. The second kappa shape index (κ2) is 8.59. The molecule has 142 valence electrons. The fraction of sp³-hybridized carbons (Fsp3) is 0.278. The normalized spacial score (nSPS) is 12.8. The van der Waals surface area contributed by atoms with E-state index in [1.54, 1.807) is 30.3 Å². The minimum atomic E-state index is -0.472. The van der Waals surface area contributed by atoms with Crippen LogP contribution in [0.1, 0.15) is 12.8 Å². The lowest BCUT2D eigenvalue weighted by molar-refractivity contribution is -0.384. The molecule has 0 saturated carbocycles. The van der Waals surface area contributed by atoms with Gasteiger partial charge in [-0.15, -0.1) is 0 Å². The van der Waals surface area contributed by atoms with Crippen molar-refractivity contribution in [2.24, 2.45) is 0 Å². The van der Waals surface area contributed by atoms with Gasteiger partial charge in [-0.3, -0.25) is 14.9 Å². The number of carbonyl (C=O) groups is 1. The van der Waals surface area contributed by atoms with Crippen LogP contribution in [-0.4, -0.2) is 30.6 Å². The Morgan fingerprint density at radius 3 is 2.59 bits per heavy atom. The number of amides is 1. The van der Waals surface area contributed by atoms with Crippen LogP contribution in [-0.2, 0) is 4.79 Å². The zero-order valence-corrected chi connectivity index (χ0v) is 15.1. The van der Waals surface area contributed by atoms with Gasteiger partial charge in [0, 0.05) is 37.6 Å². The molecule has 0 aromatic heterocycles. The third-order valence-corrected chi connectivity index (χ3v) is 4.19. The second-order valence-corrected chi connectivity index (χ2v) is 6.24. The molecule has 2 aromatic carbocycles. The van der Waals surface area contributed by atoms with E-state index in [1.165, 1.54) is 6.07 Å². The number of anilines is 2. The van der Waals surface area contributed by atoms with Crippen LogP contribution in [0.15, 0.2) is 36.4 Å². The number of hydrogen-bond donors (Lipinski definition) is 2. The van der Waals surface area contributed by atoms with Crippen molar-refractivity contribution in [2.45, 2.75) is 12.8 Å². The minimum absolute atomic E-state index is 0.0381. The number of fused-ring (bicyclic) bond motifs is 1. The molecule has 0 bridgehead atoms. The number of nitro groups is 1. The number of nitrogens with zero attached hydrogens (tertiary/aromatic N) is 1. The van der Waals surface area contributed by atoms with Gasteiger partial charge in [-0.2, -0.15) is 0 Å². The Bertz CT molecular complexity index is 859. The van der Waals surface area contributed by atoms with Crippen LogP contribution in [0.5, 0.6) is 11.5 Å². The first-order valence-electron chi connectivity index (χ1n) is 8.41. The van der Waals surface area contributed by atoms with Gasteiger partial charge >= 0.3 is 0 Å². The number of rotatable bonds is 6. The summed E-state index contributed by atoms with van der Waals surface area (Å²) in [5.74, 6) is 0.802. The fourth-order valence-corrected chi connectivity index (χ4v) is 2.79. The molecule has 0 radical (unpaired) electrons. The summed E-state index contributed by atoms with van der Waals surface area (Å²) in [6.45, 7) is 1.31. The molecule has 1 aliphatic heterocycles. The van der Waals surface area contributed by atoms with Crippen molar-refractivity contribution in [3.8, 4) is 11.5 Å². The molecule has 0 aliphatic carbocycles. The Labute approximate surface area is 160 Å². The van der Waals surface area contributed by atoms with E-state index in [0.29, 0.717) is 41.1 Å². The molecular weight excluding hydrogens is 374 g/mol. The summed E-state index contributed by atoms with van der Waals surface area (Å²) in [4.78, 5) is 22.7. The molecule has 1 aliphatic rings. The average molecular weight is 392 g/mol. The number of halogens is 1. The number of benzene rings is 2. The lowest BCUT2D eigenvalue weighted by Crippen LogP contribution is -2.17. The summed E-state index contributed by atoms with van der Waals surface area (Å²) < 4.78 is 11.1. The number of para-hydroxylation sites is 2. The predicted octanol–water partition coefficient (Wildman–Crippen LogP) is 3.85. The van der Waals surface area contributed by atoms with Crippen LogP contribution in [0.3, 0.4) is 0 Å². The van der Waals surface area contributed by atoms with Gasteiger partial charge in [0.2, 0.25) is 5.91 Å². The van der Waals surface area contributed by atoms with E-state index >= 15 is 0 Å². The molecule has 0 fully saturated rings. The van der Waals surface area contributed by atoms with Gasteiger partial charge < -0.3 is 20.1 Å². The molecule has 2 aromatic rings. The Hall–Kier alpha value is -3.00. The van der Waals surface area contributed by atoms with Crippen LogP contribution in [0.4, 0.5) is 17.1 Å². The Kier molecular flexibility index (Phi) is 5.97. The van der Waals surface area contributed by atoms with Crippen molar-refractivity contribution >= 4 is 34.6 Å². The van der Waals surface area contributed by atoms with Gasteiger partial charge in [-0.05, 0) is 6.07 Å². The molecule has 27 heavy (non-hydrogen) atoms. The fourth-order valence-electron chi connectivity index (χ4n) is 2.59. The molecule has 8 nitrogen and oxygen atoms in total. The summed E-state index contributed by atoms with van der Waals surface area (Å²) in [6.07, 6.45) is 0.877. The molecule has 0 spiro atoms. The highest BCUT2D eigenvalue weighted by molar-refractivity contribution is 6.34. The van der Waals surface area contributed by atoms with E-state index < -0.39 is 4.92 Å². The summed E-state index contributed by atoms with van der Waals surface area (Å²) in [5.41, 5.74) is 0.754. The van der Waals surface area contributed by atoms with E-state index in [4.69, 9.17) is 21.1 Å². The van der Waals surface area contributed by atoms with Crippen molar-refractivity contribution < 1.29 is 19.2 Å². The van der Waals surface area contributed by atoms with Crippen LogP contribution in [0.25, 0.3) is 0 Å². The maximum atomic E-state index is 12.2. The van der Waals surface area contributed by atoms with Crippen molar-refractivity contribution in [2.75, 3.05) is 30.4 Å². The summed E-state index contributed by atoms with van der Waals surface area (Å²) in [5, 5.41) is 17.0. The monoisotopic (exact) mass is 391 g/mol. The van der Waals surface area contributed by atoms with Gasteiger partial charge in [-0.25, -0.2) is 0 Å². The largest absolute Gasteiger partial charge is 0.490 e. The molecule has 9 heteroatoms. The van der Waals surface area contributed by atoms with Crippen molar-refractivity contribution in [3.63, 3.8) is 0 Å². The van der Waals surface area contributed by atoms with E-state index in [-0.39, 0.29) is 24.6 Å². The molecule has 1 amide bonds. The summed E-state index contributed by atoms with van der Waals surface area (Å²) >= 11 is 6.20. The highest BCUT2D eigenvalue weighted by Crippen LogP contribution is 2.37. The zero-order chi connectivity index (χ0) is 19.2. The lowest BCUT2D eigenvalue weighted by atomic mass is 10.2. The Balaban J connectivity index is 1.59. The summed E-state index contributed by atoms with van der Waals surface area (Å²) in [6, 6.07) is 9.52. The third kappa shape index (κ3) is 4.79. The average Bonchev–Trinajstić information content (AvgIpc) is 2.87. The molecule has 0 unspecified atom stereocenters. The van der Waals surface area contributed by atoms with Crippen molar-refractivity contribution in [1.29, 1.82) is 0 Å². The highest BCUT2D eigenvalue weighted by atomic mass is 35.5. The summed E-state index contributed by atoms with van der Waals surface area (Å²) in [7, 11) is 0. The number of hydrogen-bond acceptors (Lipinski definition) is 6. The Morgan fingerprint density at radius 2 is 1.85 bits per heavy atom. The Morgan fingerprint density at radius 1 is 1.15 bits per heavy atom. The third-order valence-electron chi connectivity index (χ3n) is 3.88. The quantitative estimate of drug-likeness (QED) is 0.572. The first kappa shape index (κ1) is 18.8. The molecule has 3 rings (SSSR count). The van der Waals surface area contributed by atoms with Crippen LogP contribution in [0, 0.1) is 10.1 Å². The standard InChI is InChI=1S/C18H18ClN3O5/c19-12-10-16-17(27-9-3-8-26-16)11-14(12)21-18(23)6-7-20-13-4-1-2-5-15(13)22(24)25/h1-2,4-5,10-11,20H,3,6-9H2,(H,21,23). The number of nitrogens with one attached hydrogen (secondary N) is 2. The smallest absolute Gasteiger partial charge is 0.292 e. The van der Waals surface area contributed by atoms with Gasteiger partial charge in [0.1, 0.15) is 5.69 Å². The predicted molar refractivity (Wildman–Crippen MR) is 102 cm³/mol. The van der Waals surface area contributed by atoms with E-state index in [1.807, 2.05) is 0 Å². The molecule has 1 heterocycles. The van der Waals surface area contributed by atoms with Crippen LogP contribution in [0.2, 0.25) is 5.02 Å². The lowest BCUT2D eigenvalue weighted by Gasteiger charge is -2.13. The molecule has 2 N–H and O–H groups in total. The number of carbonyl (C=O) groups excluding carboxylic acids is 1. The first-order valence-corrected chi connectivity index (χ1v) is 8.78. The highest BCUT2D eigenvalue weighted by Gasteiger charge is 2.16. The maximum Gasteiger partial charge on any atom is 0.292 e. The first-order chi connectivity index (χ1) is 13.0. The van der Waals surface area contributed by atoms with E-state index in [0.717, 1.165) is 6.42 Å². The molecular formula is C18H18ClN3O5. The van der Waals surface area contributed by atoms with Gasteiger partial charge in [0.15, 0.2) is 11.5 Å². The van der Waals surface area contributed by atoms with Crippen molar-refractivity contribution in [3.05, 3.63) is 51.5 Å². The van der Waals surface area contributed by atoms with Gasteiger partial charge in [0.05, 0.1) is 28.8 Å². The van der Waals surface area contributed by atoms with Crippen LogP contribution >= 0.6 is 11.6 Å². The minimum Gasteiger partial charge on any atom is -0.490 e. The van der Waals surface area contributed by atoms with Crippen LogP contribution < -0.4 is 20.1 Å². The zero-order valence-electron chi connectivity index (χ0n) is 14.4. The molecule has 0 saturated heterocycles. The van der Waals surface area contributed by atoms with E-state index in [2.05, 4.69) is 10.6 Å². The van der Waals surface area contributed by atoms with Gasteiger partial charge in [0.25, 0.3) is 5.69 Å². The SMILES string of the molecule is O=C(CCNc1ccccc1[N+](=O)[O-])Nc1cc2c(cc1Cl)OCCCO2. The number of ether oxygens (including phenoxy) is 2. The van der Waals surface area contributed by atoms with Gasteiger partial charge in [-0.1, -0.05) is 23.7 Å². The maximum absolute atomic E-state index is 12.2. The molecule has 0 atom stereocenters. The van der Waals surface area contributed by atoms with E-state index in [9.17, 15) is 14.9 Å². The van der Waals surface area contributed by atoms with Crippen molar-refractivity contribution in [1.82, 2.24) is 0 Å².